The third kappa shape index (κ3) is 2.76. The molecule has 0 aromatic heterocycles. The molecule has 1 aromatic rings. The van der Waals surface area contributed by atoms with Gasteiger partial charge in [0.25, 0.3) is 0 Å². The molecular formula is C17H26N2O. The molecule has 0 heterocycles. The Hall–Kier alpha value is -0.900. The molecule has 1 N–H and O–H groups in total. The largest absolute Gasteiger partial charge is 0.383 e. The number of hydrogen-bond acceptors (Lipinski definition) is 3. The lowest BCUT2D eigenvalue weighted by Crippen LogP contribution is -2.48. The summed E-state index contributed by atoms with van der Waals surface area (Å²) < 4.78 is 5.32. The quantitative estimate of drug-likeness (QED) is 0.862. The van der Waals surface area contributed by atoms with Crippen LogP contribution in [0.4, 0.5) is 0 Å². The monoisotopic (exact) mass is 274 g/mol. The predicted molar refractivity (Wildman–Crippen MR) is 82.0 cm³/mol. The average molecular weight is 274 g/mol. The number of likely N-dealkylation sites (N-methyl/N-ethyl adjacent to an activating group) is 1. The third-order valence-corrected chi connectivity index (χ3v) is 4.79. The van der Waals surface area contributed by atoms with Crippen molar-refractivity contribution in [3.63, 3.8) is 0 Å². The minimum Gasteiger partial charge on any atom is -0.383 e. The highest BCUT2D eigenvalue weighted by molar-refractivity contribution is 5.34. The lowest BCUT2D eigenvalue weighted by atomic mass is 9.83. The molecule has 3 nitrogen and oxygen atoms in total. The molecule has 0 radical (unpaired) electrons. The number of rotatable bonds is 6. The summed E-state index contributed by atoms with van der Waals surface area (Å²) in [6.45, 7) is 1.90. The molecule has 0 spiro atoms. The highest BCUT2D eigenvalue weighted by Crippen LogP contribution is 2.38. The summed E-state index contributed by atoms with van der Waals surface area (Å²) >= 11 is 0. The molecule has 0 aliphatic heterocycles. The first-order chi connectivity index (χ1) is 9.85. The Morgan fingerprint density at radius 2 is 2.05 bits per heavy atom. The van der Waals surface area contributed by atoms with Crippen LogP contribution < -0.4 is 5.32 Å². The standard InChI is InChI=1S/C17H26N2O/c1-18-17-15-6-4-3-5-13(15)7-10-16(17)19(11-12-20-2)14-8-9-14/h3-6,14,16-18H,7-12H2,1-2H3. The average Bonchev–Trinajstić information content (AvgIpc) is 3.32. The molecule has 2 unspecified atom stereocenters. The predicted octanol–water partition coefficient (Wildman–Crippen LogP) is 2.37. The van der Waals surface area contributed by atoms with Gasteiger partial charge in [0.2, 0.25) is 0 Å². The molecule has 2 aliphatic carbocycles. The molecule has 2 atom stereocenters. The van der Waals surface area contributed by atoms with E-state index in [0.29, 0.717) is 12.1 Å². The first-order valence-corrected chi connectivity index (χ1v) is 7.85. The molecule has 1 aromatic carbocycles. The zero-order valence-corrected chi connectivity index (χ0v) is 12.6. The SMILES string of the molecule is CNC1c2ccccc2CCC1N(CCOC)C1CC1. The van der Waals surface area contributed by atoms with Gasteiger partial charge in [-0.25, -0.2) is 0 Å². The Balaban J connectivity index is 1.81. The minimum absolute atomic E-state index is 0.456. The van der Waals surface area contributed by atoms with E-state index in [1.165, 1.54) is 36.8 Å². The van der Waals surface area contributed by atoms with Crippen molar-refractivity contribution in [2.75, 3.05) is 27.3 Å². The van der Waals surface area contributed by atoms with Crippen molar-refractivity contribution in [3.8, 4) is 0 Å². The molecule has 110 valence electrons. The van der Waals surface area contributed by atoms with Crippen LogP contribution in [0.15, 0.2) is 24.3 Å². The van der Waals surface area contributed by atoms with Crippen molar-refractivity contribution in [2.45, 2.75) is 43.8 Å². The van der Waals surface area contributed by atoms with E-state index in [1.54, 1.807) is 7.11 Å². The Kier molecular flexibility index (Phi) is 4.39. The van der Waals surface area contributed by atoms with Crippen LogP contribution in [0.1, 0.15) is 36.4 Å². The maximum absolute atomic E-state index is 5.32. The van der Waals surface area contributed by atoms with E-state index in [0.717, 1.165) is 19.2 Å². The topological polar surface area (TPSA) is 24.5 Å². The highest BCUT2D eigenvalue weighted by atomic mass is 16.5. The molecule has 0 amide bonds. The van der Waals surface area contributed by atoms with Gasteiger partial charge in [-0.15, -0.1) is 0 Å². The van der Waals surface area contributed by atoms with Gasteiger partial charge < -0.3 is 10.1 Å². The lowest BCUT2D eigenvalue weighted by molar-refractivity contribution is 0.0886. The van der Waals surface area contributed by atoms with Crippen molar-refractivity contribution < 1.29 is 4.74 Å². The van der Waals surface area contributed by atoms with E-state index in [-0.39, 0.29) is 0 Å². The molecule has 3 heteroatoms. The first kappa shape index (κ1) is 14.1. The number of aryl methyl sites for hydroxylation is 1. The van der Waals surface area contributed by atoms with Crippen LogP contribution in [-0.4, -0.2) is 44.3 Å². The zero-order valence-electron chi connectivity index (χ0n) is 12.6. The van der Waals surface area contributed by atoms with E-state index in [9.17, 15) is 0 Å². The number of hydrogen-bond donors (Lipinski definition) is 1. The molecular weight excluding hydrogens is 248 g/mol. The van der Waals surface area contributed by atoms with Crippen LogP contribution in [0.25, 0.3) is 0 Å². The molecule has 3 rings (SSSR count). The molecule has 0 saturated heterocycles. The normalized spacial score (nSPS) is 25.8. The van der Waals surface area contributed by atoms with Gasteiger partial charge in [-0.3, -0.25) is 4.90 Å². The fraction of sp³-hybridized carbons (Fsp3) is 0.647. The number of fused-ring (bicyclic) bond motifs is 1. The zero-order chi connectivity index (χ0) is 13.9. The number of nitrogens with zero attached hydrogens (tertiary/aromatic N) is 1. The third-order valence-electron chi connectivity index (χ3n) is 4.79. The first-order valence-electron chi connectivity index (χ1n) is 7.85. The van der Waals surface area contributed by atoms with Gasteiger partial charge in [0.1, 0.15) is 0 Å². The van der Waals surface area contributed by atoms with Crippen molar-refractivity contribution >= 4 is 0 Å². The van der Waals surface area contributed by atoms with Crippen LogP contribution in [-0.2, 0) is 11.2 Å². The second-order valence-corrected chi connectivity index (χ2v) is 6.03. The van der Waals surface area contributed by atoms with Crippen LogP contribution in [0.2, 0.25) is 0 Å². The van der Waals surface area contributed by atoms with E-state index in [4.69, 9.17) is 4.74 Å². The van der Waals surface area contributed by atoms with Crippen molar-refractivity contribution in [3.05, 3.63) is 35.4 Å². The van der Waals surface area contributed by atoms with Crippen LogP contribution in [0.3, 0.4) is 0 Å². The number of methoxy groups -OCH3 is 1. The Morgan fingerprint density at radius 1 is 1.25 bits per heavy atom. The van der Waals surface area contributed by atoms with Gasteiger partial charge in [-0.1, -0.05) is 24.3 Å². The summed E-state index contributed by atoms with van der Waals surface area (Å²) in [5.41, 5.74) is 3.01. The number of benzene rings is 1. The maximum Gasteiger partial charge on any atom is 0.0589 e. The van der Waals surface area contributed by atoms with Crippen LogP contribution in [0, 0.1) is 0 Å². The molecule has 1 fully saturated rings. The van der Waals surface area contributed by atoms with Gasteiger partial charge in [0, 0.05) is 31.8 Å². The highest BCUT2D eigenvalue weighted by Gasteiger charge is 2.39. The molecule has 2 aliphatic rings. The second kappa shape index (κ2) is 6.25. The Bertz CT molecular complexity index is 444. The van der Waals surface area contributed by atoms with Crippen LogP contribution in [0.5, 0.6) is 0 Å². The number of nitrogens with one attached hydrogen (secondary N) is 1. The van der Waals surface area contributed by atoms with Gasteiger partial charge in [-0.05, 0) is 43.9 Å². The second-order valence-electron chi connectivity index (χ2n) is 6.03. The smallest absolute Gasteiger partial charge is 0.0589 e. The lowest BCUT2D eigenvalue weighted by Gasteiger charge is -2.41. The van der Waals surface area contributed by atoms with E-state index in [2.05, 4.69) is 41.5 Å². The van der Waals surface area contributed by atoms with E-state index in [1.807, 2.05) is 0 Å². The summed E-state index contributed by atoms with van der Waals surface area (Å²) in [7, 11) is 3.90. The Labute approximate surface area is 122 Å². The summed E-state index contributed by atoms with van der Waals surface area (Å²) in [6, 6.07) is 10.8. The fourth-order valence-electron chi connectivity index (χ4n) is 3.67. The van der Waals surface area contributed by atoms with Gasteiger partial charge >= 0.3 is 0 Å². The minimum atomic E-state index is 0.456. The van der Waals surface area contributed by atoms with Crippen molar-refractivity contribution in [1.82, 2.24) is 10.2 Å². The fourth-order valence-corrected chi connectivity index (χ4v) is 3.67. The summed E-state index contributed by atoms with van der Waals surface area (Å²) in [5, 5.41) is 3.57. The summed E-state index contributed by atoms with van der Waals surface area (Å²) in [6.07, 6.45) is 5.18. The van der Waals surface area contributed by atoms with Gasteiger partial charge in [-0.2, -0.15) is 0 Å². The van der Waals surface area contributed by atoms with Gasteiger partial charge in [0.15, 0.2) is 0 Å². The molecule has 20 heavy (non-hydrogen) atoms. The summed E-state index contributed by atoms with van der Waals surface area (Å²) in [5.74, 6) is 0. The number of ether oxygens (including phenoxy) is 1. The van der Waals surface area contributed by atoms with E-state index < -0.39 is 0 Å². The van der Waals surface area contributed by atoms with Gasteiger partial charge in [0.05, 0.1) is 6.61 Å². The Morgan fingerprint density at radius 3 is 2.75 bits per heavy atom. The van der Waals surface area contributed by atoms with Crippen molar-refractivity contribution in [2.24, 2.45) is 0 Å². The summed E-state index contributed by atoms with van der Waals surface area (Å²) in [4.78, 5) is 2.70. The van der Waals surface area contributed by atoms with Crippen molar-refractivity contribution in [1.29, 1.82) is 0 Å². The van der Waals surface area contributed by atoms with E-state index >= 15 is 0 Å². The maximum atomic E-state index is 5.32. The van der Waals surface area contributed by atoms with Crippen LogP contribution >= 0.6 is 0 Å². The molecule has 0 bridgehead atoms. The molecule has 1 saturated carbocycles.